The first kappa shape index (κ1) is 7.59. The van der Waals surface area contributed by atoms with Crippen LogP contribution in [0.25, 0.3) is 11.0 Å². The van der Waals surface area contributed by atoms with Crippen molar-refractivity contribution in [3.63, 3.8) is 0 Å². The van der Waals surface area contributed by atoms with Crippen molar-refractivity contribution in [2.45, 2.75) is 0 Å². The fourth-order valence-electron chi connectivity index (χ4n) is 1.02. The average Bonchev–Trinajstić information content (AvgIpc) is 2.33. The van der Waals surface area contributed by atoms with Crippen LogP contribution in [0.1, 0.15) is 0 Å². The van der Waals surface area contributed by atoms with E-state index in [9.17, 15) is 0 Å². The molecule has 2 rings (SSSR count). The van der Waals surface area contributed by atoms with Crippen LogP contribution in [-0.4, -0.2) is 15.0 Å². The lowest BCUT2D eigenvalue weighted by molar-refractivity contribution is 1.24. The number of fused-ring (bicyclic) bond motifs is 1. The lowest BCUT2D eigenvalue weighted by Crippen LogP contribution is -1.99. The number of nitrogens with two attached hydrogens (primary N) is 2. The van der Waals surface area contributed by atoms with Crippen molar-refractivity contribution < 1.29 is 0 Å². The zero-order chi connectivity index (χ0) is 8.72. The van der Waals surface area contributed by atoms with Gasteiger partial charge in [0.05, 0.1) is 3.57 Å². The molecule has 2 aromatic heterocycles. The van der Waals surface area contributed by atoms with E-state index in [0.717, 1.165) is 14.6 Å². The highest BCUT2D eigenvalue weighted by Gasteiger charge is 2.07. The first-order valence-electron chi connectivity index (χ1n) is 3.24. The summed E-state index contributed by atoms with van der Waals surface area (Å²) in [5, 5.41) is 0. The molecule has 0 radical (unpaired) electrons. The average molecular weight is 275 g/mol. The molecule has 0 aromatic carbocycles. The van der Waals surface area contributed by atoms with E-state index in [2.05, 4.69) is 37.5 Å². The minimum Gasteiger partial charge on any atom is -0.382 e. The topological polar surface area (TPSA) is 93.6 Å². The van der Waals surface area contributed by atoms with Gasteiger partial charge in [0.15, 0.2) is 5.82 Å². The Hall–Kier alpha value is -1.05. The number of aromatic amines is 1. The number of nitrogens with one attached hydrogen (secondary N) is 1. The standard InChI is InChI=1S/C6H6IN5/c7-2-1-10-4-3(2)11-6(9)12-5(4)8/h1,10H,(H4,8,9,11,12). The Morgan fingerprint density at radius 1 is 1.33 bits per heavy atom. The molecule has 2 heterocycles. The summed E-state index contributed by atoms with van der Waals surface area (Å²) >= 11 is 2.15. The third-order valence-electron chi connectivity index (χ3n) is 1.52. The van der Waals surface area contributed by atoms with Crippen LogP contribution in [0.4, 0.5) is 11.8 Å². The number of rotatable bonds is 0. The van der Waals surface area contributed by atoms with Gasteiger partial charge in [0.25, 0.3) is 0 Å². The normalized spacial score (nSPS) is 10.8. The van der Waals surface area contributed by atoms with Crippen LogP contribution in [0.2, 0.25) is 0 Å². The maximum atomic E-state index is 5.60. The van der Waals surface area contributed by atoms with Gasteiger partial charge in [-0.15, -0.1) is 0 Å². The quantitative estimate of drug-likeness (QED) is 0.618. The number of nitrogen functional groups attached to an aromatic ring is 2. The number of halogens is 1. The molecule has 0 aliphatic rings. The third-order valence-corrected chi connectivity index (χ3v) is 2.35. The zero-order valence-electron chi connectivity index (χ0n) is 6.00. The van der Waals surface area contributed by atoms with Gasteiger partial charge < -0.3 is 16.5 Å². The number of anilines is 2. The van der Waals surface area contributed by atoms with Gasteiger partial charge in [-0.1, -0.05) is 0 Å². The van der Waals surface area contributed by atoms with Crippen molar-refractivity contribution in [3.05, 3.63) is 9.77 Å². The van der Waals surface area contributed by atoms with Crippen molar-refractivity contribution in [2.24, 2.45) is 0 Å². The summed E-state index contributed by atoms with van der Waals surface area (Å²) in [4.78, 5) is 10.8. The van der Waals surface area contributed by atoms with Crippen LogP contribution >= 0.6 is 22.6 Å². The van der Waals surface area contributed by atoms with Gasteiger partial charge in [-0.3, -0.25) is 0 Å². The van der Waals surface area contributed by atoms with Crippen molar-refractivity contribution in [1.29, 1.82) is 0 Å². The SMILES string of the molecule is Nc1nc(N)c2[nH]cc(I)c2n1. The molecular formula is C6H6IN5. The molecule has 12 heavy (non-hydrogen) atoms. The molecule has 0 fully saturated rings. The van der Waals surface area contributed by atoms with Crippen LogP contribution < -0.4 is 11.5 Å². The fourth-order valence-corrected chi connectivity index (χ4v) is 1.56. The summed E-state index contributed by atoms with van der Waals surface area (Å²) < 4.78 is 0.989. The number of nitrogens with zero attached hydrogens (tertiary/aromatic N) is 2. The highest BCUT2D eigenvalue weighted by Crippen LogP contribution is 2.21. The first-order chi connectivity index (χ1) is 5.68. The second-order valence-electron chi connectivity index (χ2n) is 2.33. The molecule has 2 aromatic rings. The molecule has 0 aliphatic heterocycles. The van der Waals surface area contributed by atoms with E-state index in [1.54, 1.807) is 0 Å². The Morgan fingerprint density at radius 2 is 2.08 bits per heavy atom. The van der Waals surface area contributed by atoms with Crippen LogP contribution in [0.15, 0.2) is 6.20 Å². The van der Waals surface area contributed by atoms with Gasteiger partial charge in [-0.25, -0.2) is 4.98 Å². The Kier molecular flexibility index (Phi) is 1.56. The van der Waals surface area contributed by atoms with Crippen molar-refractivity contribution in [1.82, 2.24) is 15.0 Å². The van der Waals surface area contributed by atoms with Gasteiger partial charge in [0, 0.05) is 6.20 Å². The van der Waals surface area contributed by atoms with Crippen LogP contribution in [0, 0.1) is 3.57 Å². The van der Waals surface area contributed by atoms with Gasteiger partial charge in [0.1, 0.15) is 11.0 Å². The minimum atomic E-state index is 0.206. The molecule has 0 amide bonds. The summed E-state index contributed by atoms with van der Waals surface area (Å²) in [5.41, 5.74) is 12.6. The summed E-state index contributed by atoms with van der Waals surface area (Å²) in [6.07, 6.45) is 1.82. The number of hydrogen-bond acceptors (Lipinski definition) is 4. The first-order valence-corrected chi connectivity index (χ1v) is 4.32. The van der Waals surface area contributed by atoms with E-state index in [1.165, 1.54) is 0 Å². The van der Waals surface area contributed by atoms with Crippen molar-refractivity contribution in [3.8, 4) is 0 Å². The number of H-pyrrole nitrogens is 1. The molecule has 0 atom stereocenters. The summed E-state index contributed by atoms with van der Waals surface area (Å²) in [7, 11) is 0. The van der Waals surface area contributed by atoms with Gasteiger partial charge in [-0.05, 0) is 22.6 Å². The summed E-state index contributed by atoms with van der Waals surface area (Å²) in [5.74, 6) is 0.595. The summed E-state index contributed by atoms with van der Waals surface area (Å²) in [6.45, 7) is 0. The van der Waals surface area contributed by atoms with E-state index in [-0.39, 0.29) is 5.95 Å². The molecule has 0 spiro atoms. The predicted molar refractivity (Wildman–Crippen MR) is 55.4 cm³/mol. The molecule has 6 heteroatoms. The van der Waals surface area contributed by atoms with Crippen molar-refractivity contribution in [2.75, 3.05) is 11.5 Å². The molecular weight excluding hydrogens is 269 g/mol. The number of aromatic nitrogens is 3. The molecule has 0 saturated heterocycles. The van der Waals surface area contributed by atoms with E-state index >= 15 is 0 Å². The Labute approximate surface area is 81.7 Å². The molecule has 0 aliphatic carbocycles. The molecule has 62 valence electrons. The van der Waals surface area contributed by atoms with Gasteiger partial charge >= 0.3 is 0 Å². The van der Waals surface area contributed by atoms with E-state index in [1.807, 2.05) is 6.20 Å². The highest BCUT2D eigenvalue weighted by molar-refractivity contribution is 14.1. The fraction of sp³-hybridized carbons (Fsp3) is 0. The van der Waals surface area contributed by atoms with Gasteiger partial charge in [0.2, 0.25) is 5.95 Å². The van der Waals surface area contributed by atoms with E-state index in [4.69, 9.17) is 11.5 Å². The van der Waals surface area contributed by atoms with Crippen LogP contribution in [-0.2, 0) is 0 Å². The van der Waals surface area contributed by atoms with Gasteiger partial charge in [-0.2, -0.15) is 4.98 Å². The number of hydrogen-bond donors (Lipinski definition) is 3. The molecule has 0 saturated carbocycles. The largest absolute Gasteiger partial charge is 0.382 e. The van der Waals surface area contributed by atoms with E-state index < -0.39 is 0 Å². The third kappa shape index (κ3) is 0.986. The Bertz CT molecular complexity index is 435. The zero-order valence-corrected chi connectivity index (χ0v) is 8.16. The molecule has 0 unspecified atom stereocenters. The lowest BCUT2D eigenvalue weighted by Gasteiger charge is -1.96. The van der Waals surface area contributed by atoms with Crippen molar-refractivity contribution >= 4 is 45.4 Å². The Morgan fingerprint density at radius 3 is 2.83 bits per heavy atom. The lowest BCUT2D eigenvalue weighted by atomic mass is 10.4. The second kappa shape index (κ2) is 2.47. The molecule has 5 nitrogen and oxygen atoms in total. The smallest absolute Gasteiger partial charge is 0.222 e. The summed E-state index contributed by atoms with van der Waals surface area (Å²) in [6, 6.07) is 0. The Balaban J connectivity index is 2.92. The predicted octanol–water partition coefficient (Wildman–Crippen LogP) is 0.727. The monoisotopic (exact) mass is 275 g/mol. The second-order valence-corrected chi connectivity index (χ2v) is 3.49. The molecule has 0 bridgehead atoms. The van der Waals surface area contributed by atoms with E-state index in [0.29, 0.717) is 5.82 Å². The highest BCUT2D eigenvalue weighted by atomic mass is 127. The van der Waals surface area contributed by atoms with Crippen LogP contribution in [0.5, 0.6) is 0 Å². The molecule has 5 N–H and O–H groups in total. The minimum absolute atomic E-state index is 0.206. The van der Waals surface area contributed by atoms with Crippen LogP contribution in [0.3, 0.4) is 0 Å². The maximum absolute atomic E-state index is 5.60. The maximum Gasteiger partial charge on any atom is 0.222 e.